The lowest BCUT2D eigenvalue weighted by Crippen LogP contribution is -2.50. The third-order valence-electron chi connectivity index (χ3n) is 4.69. The number of hydrogen-bond donors (Lipinski definition) is 0. The zero-order chi connectivity index (χ0) is 20.5. The summed E-state index contributed by atoms with van der Waals surface area (Å²) in [5.74, 6) is -0.155. The van der Waals surface area contributed by atoms with Crippen LogP contribution in [0.3, 0.4) is 0 Å². The first-order valence-corrected chi connectivity index (χ1v) is 11.7. The number of amides is 1. The minimum Gasteiger partial charge on any atom is -0.335 e. The zero-order valence-electron chi connectivity index (χ0n) is 15.3. The second-order valence-corrected chi connectivity index (χ2v) is 10.1. The van der Waals surface area contributed by atoms with Gasteiger partial charge in [0.25, 0.3) is 11.6 Å². The number of halogens is 1. The molecular weight excluding hydrogens is 426 g/mol. The van der Waals surface area contributed by atoms with E-state index in [4.69, 9.17) is 11.6 Å². The number of hydrogen-bond acceptors (Lipinski definition) is 6. The van der Waals surface area contributed by atoms with Gasteiger partial charge in [-0.3, -0.25) is 14.9 Å². The summed E-state index contributed by atoms with van der Waals surface area (Å²) in [4.78, 5) is 25.2. The van der Waals surface area contributed by atoms with E-state index in [-0.39, 0.29) is 48.5 Å². The lowest BCUT2D eigenvalue weighted by Gasteiger charge is -2.33. The van der Waals surface area contributed by atoms with Gasteiger partial charge in [-0.05, 0) is 12.5 Å². The van der Waals surface area contributed by atoms with E-state index in [1.54, 1.807) is 11.0 Å². The highest BCUT2D eigenvalue weighted by molar-refractivity contribution is 7.89. The molecule has 28 heavy (non-hydrogen) atoms. The molecule has 0 N–H and O–H groups in total. The van der Waals surface area contributed by atoms with E-state index in [1.807, 2.05) is 6.92 Å². The topological polar surface area (TPSA) is 101 Å². The van der Waals surface area contributed by atoms with Gasteiger partial charge < -0.3 is 4.90 Å². The van der Waals surface area contributed by atoms with Crippen molar-refractivity contribution >= 4 is 54.6 Å². The second-order valence-electron chi connectivity index (χ2n) is 6.54. The smallest absolute Gasteiger partial charge is 0.270 e. The number of unbranched alkanes of at least 4 members (excludes halogenated alkanes) is 1. The molecule has 1 aromatic carbocycles. The summed E-state index contributed by atoms with van der Waals surface area (Å²) in [6.45, 7) is 3.02. The third-order valence-corrected chi connectivity index (χ3v) is 8.29. The number of nitro groups is 1. The van der Waals surface area contributed by atoms with Crippen LogP contribution in [0.15, 0.2) is 18.2 Å². The number of piperazine rings is 1. The molecule has 0 saturated carbocycles. The third kappa shape index (κ3) is 4.14. The van der Waals surface area contributed by atoms with Gasteiger partial charge in [0.05, 0.1) is 15.7 Å². The van der Waals surface area contributed by atoms with Crippen LogP contribution in [-0.4, -0.2) is 60.4 Å². The van der Waals surface area contributed by atoms with Crippen molar-refractivity contribution in [2.75, 3.05) is 31.9 Å². The quantitative estimate of drug-likeness (QED) is 0.501. The molecule has 3 rings (SSSR count). The van der Waals surface area contributed by atoms with Crippen molar-refractivity contribution in [1.82, 2.24) is 9.21 Å². The van der Waals surface area contributed by atoms with Crippen LogP contribution in [0.4, 0.5) is 5.69 Å². The lowest BCUT2D eigenvalue weighted by atomic mass is 10.2. The fourth-order valence-electron chi connectivity index (χ4n) is 3.07. The maximum Gasteiger partial charge on any atom is 0.270 e. The number of thiophene rings is 1. The molecule has 8 nitrogen and oxygen atoms in total. The van der Waals surface area contributed by atoms with Gasteiger partial charge in [-0.1, -0.05) is 24.9 Å². The highest BCUT2D eigenvalue weighted by atomic mass is 35.5. The maximum atomic E-state index is 12.9. The largest absolute Gasteiger partial charge is 0.335 e. The summed E-state index contributed by atoms with van der Waals surface area (Å²) in [5.41, 5.74) is -0.0599. The van der Waals surface area contributed by atoms with Crippen molar-refractivity contribution in [3.63, 3.8) is 0 Å². The average molecular weight is 446 g/mol. The molecule has 0 aliphatic carbocycles. The first kappa shape index (κ1) is 21.0. The Kier molecular flexibility index (Phi) is 6.23. The van der Waals surface area contributed by atoms with Gasteiger partial charge in [0, 0.05) is 48.4 Å². The summed E-state index contributed by atoms with van der Waals surface area (Å²) in [6, 6.07) is 4.30. The average Bonchev–Trinajstić information content (AvgIpc) is 3.02. The molecule has 0 bridgehead atoms. The Labute approximate surface area is 171 Å². The van der Waals surface area contributed by atoms with E-state index >= 15 is 0 Å². The molecule has 1 aromatic heterocycles. The standard InChI is InChI=1S/C17H20ClN3O5S2/c1-2-3-10-28(25,26)20-8-6-19(7-9-20)17(22)16-15(18)13-5-4-12(21(23)24)11-14(13)27-16/h4-5,11H,2-3,6-10H2,1H3. The highest BCUT2D eigenvalue weighted by Gasteiger charge is 2.30. The second kappa shape index (κ2) is 8.32. The lowest BCUT2D eigenvalue weighted by molar-refractivity contribution is -0.384. The van der Waals surface area contributed by atoms with Gasteiger partial charge in [0.15, 0.2) is 0 Å². The Balaban J connectivity index is 1.75. The number of nitro benzene ring substituents is 1. The summed E-state index contributed by atoms with van der Waals surface area (Å²) in [7, 11) is -3.29. The minimum absolute atomic E-state index is 0.0599. The molecule has 2 aromatic rings. The van der Waals surface area contributed by atoms with E-state index in [0.29, 0.717) is 21.4 Å². The molecule has 11 heteroatoms. The molecule has 2 heterocycles. The van der Waals surface area contributed by atoms with E-state index < -0.39 is 14.9 Å². The van der Waals surface area contributed by atoms with Crippen LogP contribution >= 0.6 is 22.9 Å². The van der Waals surface area contributed by atoms with Crippen molar-refractivity contribution in [2.45, 2.75) is 19.8 Å². The Bertz CT molecular complexity index is 1010. The van der Waals surface area contributed by atoms with Crippen molar-refractivity contribution < 1.29 is 18.1 Å². The number of carbonyl (C=O) groups is 1. The number of rotatable bonds is 6. The van der Waals surface area contributed by atoms with Crippen molar-refractivity contribution in [3.8, 4) is 0 Å². The van der Waals surface area contributed by atoms with Gasteiger partial charge in [0.2, 0.25) is 10.0 Å². The Hall–Kier alpha value is -1.75. The maximum absolute atomic E-state index is 12.9. The molecule has 1 aliphatic heterocycles. The SMILES string of the molecule is CCCCS(=O)(=O)N1CCN(C(=O)c2sc3cc([N+](=O)[O-])ccc3c2Cl)CC1. The van der Waals surface area contributed by atoms with Gasteiger partial charge in [-0.15, -0.1) is 11.3 Å². The van der Waals surface area contributed by atoms with Crippen molar-refractivity contribution in [1.29, 1.82) is 0 Å². The van der Waals surface area contributed by atoms with Crippen LogP contribution in [0.25, 0.3) is 10.1 Å². The van der Waals surface area contributed by atoms with Crippen molar-refractivity contribution in [2.24, 2.45) is 0 Å². The molecular formula is C17H20ClN3O5S2. The predicted molar refractivity (Wildman–Crippen MR) is 110 cm³/mol. The Morgan fingerprint density at radius 3 is 2.57 bits per heavy atom. The van der Waals surface area contributed by atoms with Gasteiger partial charge in [0.1, 0.15) is 4.88 Å². The van der Waals surface area contributed by atoms with Crippen LogP contribution < -0.4 is 0 Å². The molecule has 1 fully saturated rings. The van der Waals surface area contributed by atoms with E-state index in [9.17, 15) is 23.3 Å². The number of fused-ring (bicyclic) bond motifs is 1. The number of sulfonamides is 1. The van der Waals surface area contributed by atoms with Crippen LogP contribution in [0, 0.1) is 10.1 Å². The molecule has 0 radical (unpaired) electrons. The summed E-state index contributed by atoms with van der Waals surface area (Å²) >= 11 is 7.46. The van der Waals surface area contributed by atoms with Crippen LogP contribution in [0.5, 0.6) is 0 Å². The molecule has 1 aliphatic rings. The normalized spacial score (nSPS) is 15.9. The summed E-state index contributed by atoms with van der Waals surface area (Å²) < 4.78 is 26.6. The van der Waals surface area contributed by atoms with Crippen LogP contribution in [0.1, 0.15) is 29.4 Å². The number of carbonyl (C=O) groups excluding carboxylic acids is 1. The van der Waals surface area contributed by atoms with E-state index in [1.165, 1.54) is 16.4 Å². The van der Waals surface area contributed by atoms with Crippen molar-refractivity contribution in [3.05, 3.63) is 38.2 Å². The highest BCUT2D eigenvalue weighted by Crippen LogP contribution is 2.38. The molecule has 1 saturated heterocycles. The fraction of sp³-hybridized carbons (Fsp3) is 0.471. The Morgan fingerprint density at radius 1 is 1.29 bits per heavy atom. The monoisotopic (exact) mass is 445 g/mol. The number of benzene rings is 1. The zero-order valence-corrected chi connectivity index (χ0v) is 17.6. The molecule has 0 unspecified atom stereocenters. The van der Waals surface area contributed by atoms with Crippen LogP contribution in [0.2, 0.25) is 5.02 Å². The molecule has 1 amide bonds. The molecule has 0 spiro atoms. The summed E-state index contributed by atoms with van der Waals surface area (Å²) in [5, 5.41) is 11.8. The minimum atomic E-state index is -3.29. The first-order chi connectivity index (χ1) is 13.2. The van der Waals surface area contributed by atoms with E-state index in [0.717, 1.165) is 17.8 Å². The van der Waals surface area contributed by atoms with E-state index in [2.05, 4.69) is 0 Å². The van der Waals surface area contributed by atoms with Gasteiger partial charge in [-0.25, -0.2) is 8.42 Å². The first-order valence-electron chi connectivity index (χ1n) is 8.88. The van der Waals surface area contributed by atoms with Gasteiger partial charge in [-0.2, -0.15) is 4.31 Å². The number of non-ortho nitro benzene ring substituents is 1. The molecule has 0 atom stereocenters. The summed E-state index contributed by atoms with van der Waals surface area (Å²) in [6.07, 6.45) is 1.42. The Morgan fingerprint density at radius 2 is 1.96 bits per heavy atom. The predicted octanol–water partition coefficient (Wildman–Crippen LogP) is 3.35. The van der Waals surface area contributed by atoms with Crippen LogP contribution in [-0.2, 0) is 10.0 Å². The number of nitrogens with zero attached hydrogens (tertiary/aromatic N) is 3. The fourth-order valence-corrected chi connectivity index (χ4v) is 6.22. The van der Waals surface area contributed by atoms with Gasteiger partial charge >= 0.3 is 0 Å². The molecule has 152 valence electrons.